The van der Waals surface area contributed by atoms with Crippen LogP contribution in [-0.2, 0) is 4.74 Å². The number of rotatable bonds is 3. The summed E-state index contributed by atoms with van der Waals surface area (Å²) >= 11 is 4.63. The molecule has 0 aromatic carbocycles. The standard InChI is InChI=1S/C11H20OS/c13-11-3-1-2-10(11)5-4-9-6-7-12-8-9/h9-11,13H,1-8H2. The second kappa shape index (κ2) is 4.70. The predicted octanol–water partition coefficient (Wildman–Crippen LogP) is 2.90. The molecule has 1 nitrogen and oxygen atoms in total. The second-order valence-corrected chi connectivity index (χ2v) is 5.23. The summed E-state index contributed by atoms with van der Waals surface area (Å²) in [6.07, 6.45) is 8.23. The van der Waals surface area contributed by atoms with Crippen LogP contribution in [0.3, 0.4) is 0 Å². The van der Waals surface area contributed by atoms with Crippen molar-refractivity contribution in [1.82, 2.24) is 0 Å². The first-order valence-corrected chi connectivity index (χ1v) is 6.13. The first-order valence-electron chi connectivity index (χ1n) is 5.62. The van der Waals surface area contributed by atoms with Gasteiger partial charge in [0.05, 0.1) is 0 Å². The molecule has 0 radical (unpaired) electrons. The topological polar surface area (TPSA) is 9.23 Å². The first-order chi connectivity index (χ1) is 6.36. The Balaban J connectivity index is 1.66. The lowest BCUT2D eigenvalue weighted by Gasteiger charge is -2.16. The van der Waals surface area contributed by atoms with Crippen LogP contribution in [0.5, 0.6) is 0 Å². The molecule has 1 aliphatic carbocycles. The highest BCUT2D eigenvalue weighted by Gasteiger charge is 2.25. The van der Waals surface area contributed by atoms with Crippen molar-refractivity contribution in [2.45, 2.75) is 43.8 Å². The molecule has 1 aliphatic heterocycles. The lowest BCUT2D eigenvalue weighted by Crippen LogP contribution is -2.10. The zero-order valence-electron chi connectivity index (χ0n) is 8.24. The Kier molecular flexibility index (Phi) is 3.56. The van der Waals surface area contributed by atoms with Gasteiger partial charge in [-0.05, 0) is 43.9 Å². The van der Waals surface area contributed by atoms with Gasteiger partial charge in [0.15, 0.2) is 0 Å². The summed E-state index contributed by atoms with van der Waals surface area (Å²) in [6, 6.07) is 0. The quantitative estimate of drug-likeness (QED) is 0.689. The maximum Gasteiger partial charge on any atom is 0.0495 e. The molecule has 2 aliphatic rings. The van der Waals surface area contributed by atoms with Gasteiger partial charge in [0.25, 0.3) is 0 Å². The highest BCUT2D eigenvalue weighted by atomic mass is 32.1. The van der Waals surface area contributed by atoms with Crippen LogP contribution in [0.25, 0.3) is 0 Å². The molecule has 0 bridgehead atoms. The van der Waals surface area contributed by atoms with Crippen LogP contribution in [-0.4, -0.2) is 18.5 Å². The average molecular weight is 200 g/mol. The Hall–Kier alpha value is 0.310. The normalized spacial score (nSPS) is 39.9. The van der Waals surface area contributed by atoms with Gasteiger partial charge in [-0.25, -0.2) is 0 Å². The summed E-state index contributed by atoms with van der Waals surface area (Å²) < 4.78 is 5.38. The molecule has 1 heterocycles. The first kappa shape index (κ1) is 9.85. The van der Waals surface area contributed by atoms with Crippen molar-refractivity contribution in [2.24, 2.45) is 11.8 Å². The number of hydrogen-bond acceptors (Lipinski definition) is 2. The molecule has 1 saturated heterocycles. The Bertz CT molecular complexity index is 154. The van der Waals surface area contributed by atoms with E-state index in [1.165, 1.54) is 38.5 Å². The van der Waals surface area contributed by atoms with E-state index in [1.54, 1.807) is 0 Å². The molecule has 0 aromatic heterocycles. The van der Waals surface area contributed by atoms with Gasteiger partial charge in [-0.3, -0.25) is 0 Å². The fourth-order valence-corrected chi connectivity index (χ4v) is 3.10. The van der Waals surface area contributed by atoms with Gasteiger partial charge in [-0.2, -0.15) is 12.6 Å². The Morgan fingerprint density at radius 1 is 1.15 bits per heavy atom. The molecule has 0 amide bonds. The Labute approximate surface area is 86.6 Å². The predicted molar refractivity (Wildman–Crippen MR) is 58.3 cm³/mol. The van der Waals surface area contributed by atoms with Gasteiger partial charge < -0.3 is 4.74 Å². The van der Waals surface area contributed by atoms with E-state index in [0.29, 0.717) is 5.25 Å². The number of ether oxygens (including phenoxy) is 1. The molecular formula is C11H20OS. The zero-order chi connectivity index (χ0) is 9.10. The van der Waals surface area contributed by atoms with Gasteiger partial charge in [0, 0.05) is 18.5 Å². The molecule has 0 N–H and O–H groups in total. The molecule has 2 heteroatoms. The minimum atomic E-state index is 0.697. The molecule has 2 rings (SSSR count). The molecule has 13 heavy (non-hydrogen) atoms. The minimum Gasteiger partial charge on any atom is -0.381 e. The minimum absolute atomic E-state index is 0.697. The van der Waals surface area contributed by atoms with Crippen LogP contribution in [0.4, 0.5) is 0 Å². The van der Waals surface area contributed by atoms with Crippen LogP contribution in [0.1, 0.15) is 38.5 Å². The third-order valence-electron chi connectivity index (χ3n) is 3.59. The fourth-order valence-electron chi connectivity index (χ4n) is 2.61. The van der Waals surface area contributed by atoms with Crippen molar-refractivity contribution in [3.63, 3.8) is 0 Å². The van der Waals surface area contributed by atoms with Crippen LogP contribution < -0.4 is 0 Å². The third kappa shape index (κ3) is 2.63. The van der Waals surface area contributed by atoms with Crippen molar-refractivity contribution in [3.05, 3.63) is 0 Å². The lowest BCUT2D eigenvalue weighted by atomic mass is 9.94. The van der Waals surface area contributed by atoms with E-state index < -0.39 is 0 Å². The summed E-state index contributed by atoms with van der Waals surface area (Å²) in [5.41, 5.74) is 0. The maximum absolute atomic E-state index is 5.38. The van der Waals surface area contributed by atoms with Gasteiger partial charge >= 0.3 is 0 Å². The van der Waals surface area contributed by atoms with E-state index in [9.17, 15) is 0 Å². The van der Waals surface area contributed by atoms with Gasteiger partial charge in [0.2, 0.25) is 0 Å². The summed E-state index contributed by atoms with van der Waals surface area (Å²) in [5.74, 6) is 1.77. The fraction of sp³-hybridized carbons (Fsp3) is 1.00. The van der Waals surface area contributed by atoms with Crippen molar-refractivity contribution in [3.8, 4) is 0 Å². The summed E-state index contributed by atoms with van der Waals surface area (Å²) in [4.78, 5) is 0. The summed E-state index contributed by atoms with van der Waals surface area (Å²) in [6.45, 7) is 2.02. The van der Waals surface area contributed by atoms with E-state index >= 15 is 0 Å². The van der Waals surface area contributed by atoms with E-state index in [2.05, 4.69) is 12.6 Å². The van der Waals surface area contributed by atoms with Crippen LogP contribution in [0.2, 0.25) is 0 Å². The van der Waals surface area contributed by atoms with E-state index in [-0.39, 0.29) is 0 Å². The van der Waals surface area contributed by atoms with E-state index in [0.717, 1.165) is 25.0 Å². The van der Waals surface area contributed by atoms with Crippen LogP contribution in [0, 0.1) is 11.8 Å². The van der Waals surface area contributed by atoms with Crippen molar-refractivity contribution >= 4 is 12.6 Å². The van der Waals surface area contributed by atoms with E-state index in [1.807, 2.05) is 0 Å². The average Bonchev–Trinajstić information content (AvgIpc) is 2.72. The Morgan fingerprint density at radius 2 is 2.08 bits per heavy atom. The van der Waals surface area contributed by atoms with Crippen molar-refractivity contribution in [1.29, 1.82) is 0 Å². The SMILES string of the molecule is SC1CCCC1CCC1CCOC1. The van der Waals surface area contributed by atoms with Crippen molar-refractivity contribution < 1.29 is 4.74 Å². The monoisotopic (exact) mass is 200 g/mol. The number of thiol groups is 1. The molecule has 3 atom stereocenters. The van der Waals surface area contributed by atoms with Crippen molar-refractivity contribution in [2.75, 3.05) is 13.2 Å². The van der Waals surface area contributed by atoms with Gasteiger partial charge in [-0.1, -0.05) is 6.42 Å². The summed E-state index contributed by atoms with van der Waals surface area (Å²) in [5, 5.41) is 0.697. The number of hydrogen-bond donors (Lipinski definition) is 1. The smallest absolute Gasteiger partial charge is 0.0495 e. The van der Waals surface area contributed by atoms with E-state index in [4.69, 9.17) is 4.74 Å². The Morgan fingerprint density at radius 3 is 2.69 bits per heavy atom. The zero-order valence-corrected chi connectivity index (χ0v) is 9.14. The van der Waals surface area contributed by atoms with Crippen LogP contribution in [0.15, 0.2) is 0 Å². The molecule has 3 unspecified atom stereocenters. The highest BCUT2D eigenvalue weighted by molar-refractivity contribution is 7.81. The van der Waals surface area contributed by atoms with Gasteiger partial charge in [0.1, 0.15) is 0 Å². The molecule has 0 aromatic rings. The maximum atomic E-state index is 5.38. The van der Waals surface area contributed by atoms with Crippen LogP contribution >= 0.6 is 12.6 Å². The molecule has 1 saturated carbocycles. The second-order valence-electron chi connectivity index (χ2n) is 4.57. The molecule has 2 fully saturated rings. The highest BCUT2D eigenvalue weighted by Crippen LogP contribution is 2.34. The molecule has 0 spiro atoms. The largest absolute Gasteiger partial charge is 0.381 e. The van der Waals surface area contributed by atoms with Gasteiger partial charge in [-0.15, -0.1) is 0 Å². The third-order valence-corrected chi connectivity index (χ3v) is 4.27. The lowest BCUT2D eigenvalue weighted by molar-refractivity contribution is 0.182. The molecule has 76 valence electrons. The summed E-state index contributed by atoms with van der Waals surface area (Å²) in [7, 11) is 0. The molecular weight excluding hydrogens is 180 g/mol.